The van der Waals surface area contributed by atoms with E-state index in [1.54, 1.807) is 6.08 Å². The van der Waals surface area contributed by atoms with Crippen molar-refractivity contribution in [3.05, 3.63) is 85.7 Å². The second-order valence-corrected chi connectivity index (χ2v) is 13.4. The molecule has 0 amide bonds. The molecule has 0 saturated carbocycles. The number of aliphatic hydroxyl groups excluding tert-OH is 1. The number of carbonyl (C=O) groups is 2. The van der Waals surface area contributed by atoms with E-state index >= 15 is 0 Å². The van der Waals surface area contributed by atoms with E-state index in [0.717, 1.165) is 68.7 Å². The lowest BCUT2D eigenvalue weighted by Crippen LogP contribution is -2.37. The first-order valence-corrected chi connectivity index (χ1v) is 16.9. The van der Waals surface area contributed by atoms with Crippen molar-refractivity contribution in [3.8, 4) is 0 Å². The zero-order valence-corrected chi connectivity index (χ0v) is 28.6. The van der Waals surface area contributed by atoms with Gasteiger partial charge in [0.2, 0.25) is 0 Å². The molecule has 2 aromatic heterocycles. The van der Waals surface area contributed by atoms with Crippen LogP contribution in [0.2, 0.25) is 0 Å². The Bertz CT molecular complexity index is 1850. The molecule has 9 nitrogen and oxygen atoms in total. The molecule has 4 aliphatic rings. The Hall–Kier alpha value is -4.24. The van der Waals surface area contributed by atoms with Gasteiger partial charge in [-0.1, -0.05) is 33.4 Å². The zero-order valence-electron chi connectivity index (χ0n) is 28.6. The van der Waals surface area contributed by atoms with Crippen molar-refractivity contribution in [2.75, 3.05) is 13.7 Å². The van der Waals surface area contributed by atoms with Crippen molar-refractivity contribution in [2.24, 2.45) is 23.7 Å². The highest BCUT2D eigenvalue weighted by molar-refractivity contribution is 5.88. The average molecular weight is 641 g/mol. The number of aliphatic hydroxyl groups is 1. The van der Waals surface area contributed by atoms with E-state index in [0.29, 0.717) is 6.42 Å². The molecule has 47 heavy (non-hydrogen) atoms. The van der Waals surface area contributed by atoms with Crippen LogP contribution in [0.5, 0.6) is 0 Å². The number of allylic oxidation sites excluding steroid dienone is 3. The first kappa shape index (κ1) is 32.7. The minimum Gasteiger partial charge on any atom is -0.468 e. The second kappa shape index (κ2) is 12.8. The lowest BCUT2D eigenvalue weighted by Gasteiger charge is -2.27. The predicted molar refractivity (Wildman–Crippen MR) is 183 cm³/mol. The Balaban J connectivity index is 1.62. The number of methoxy groups -OCH3 is 1. The standard InChI is InChI=1S/C38H48N4O5/c1-9-14-47-31(43)13-12-24-20(6)27-15-25-18(4)22(10-2)29(39-25)16-26-19(5)23(11-3)30(40-26)17-28-21(7)32-36(42-28)33(35(24)41-27)34(37(32)44)38(45)46-8/h9,15-17,20,22,24,34-35,37,39-42,44H,1,10-14H2,2-8H3/b27-15-,28-17-,29-16-/t20-,22-,24-,34+,35?,37-/m0/s1. The molecule has 6 rings (SSSR count). The summed E-state index contributed by atoms with van der Waals surface area (Å²) >= 11 is 0. The third-order valence-corrected chi connectivity index (χ3v) is 11.0. The van der Waals surface area contributed by atoms with E-state index in [-0.39, 0.29) is 42.8 Å². The number of H-pyrrole nitrogens is 2. The van der Waals surface area contributed by atoms with Crippen LogP contribution in [-0.4, -0.2) is 46.8 Å². The summed E-state index contributed by atoms with van der Waals surface area (Å²) in [6.45, 7) is 16.7. The SMILES string of the molecule is C=CCOC(=O)CC[C@@H]1C2N/C(=C\C3=C(C)[C@H](CC)/C(=C/c4[nH]c(c(CC)c4C)/C=c4\[nH]c5c(c4C)[C@H](O)[C@H](C(=O)OC)C=52)N3)[C@H]1C. The summed E-state index contributed by atoms with van der Waals surface area (Å²) in [6, 6.07) is -0.341. The lowest BCUT2D eigenvalue weighted by molar-refractivity contribution is -0.147. The van der Waals surface area contributed by atoms with Crippen molar-refractivity contribution in [1.29, 1.82) is 0 Å². The van der Waals surface area contributed by atoms with Gasteiger partial charge in [0.15, 0.2) is 0 Å². The van der Waals surface area contributed by atoms with Gasteiger partial charge in [0.05, 0.1) is 19.3 Å². The van der Waals surface area contributed by atoms with Crippen LogP contribution in [0, 0.1) is 37.5 Å². The highest BCUT2D eigenvalue weighted by atomic mass is 16.5. The molecule has 8 bridgehead atoms. The molecule has 1 aliphatic carbocycles. The second-order valence-electron chi connectivity index (χ2n) is 13.4. The molecule has 1 fully saturated rings. The van der Waals surface area contributed by atoms with Crippen LogP contribution in [0.1, 0.15) is 86.7 Å². The van der Waals surface area contributed by atoms with E-state index in [2.05, 4.69) is 80.0 Å². The normalized spacial score (nSPS) is 28.9. The van der Waals surface area contributed by atoms with Crippen molar-refractivity contribution in [1.82, 2.24) is 20.6 Å². The smallest absolute Gasteiger partial charge is 0.315 e. The first-order chi connectivity index (χ1) is 22.5. The number of aromatic nitrogens is 2. The number of hydrogen-bond acceptors (Lipinski definition) is 7. The van der Waals surface area contributed by atoms with Crippen molar-refractivity contribution in [2.45, 2.75) is 79.4 Å². The van der Waals surface area contributed by atoms with Crippen molar-refractivity contribution >= 4 is 29.7 Å². The van der Waals surface area contributed by atoms with E-state index in [1.165, 1.54) is 23.8 Å². The van der Waals surface area contributed by atoms with Gasteiger partial charge >= 0.3 is 11.9 Å². The largest absolute Gasteiger partial charge is 0.468 e. The fourth-order valence-corrected chi connectivity index (χ4v) is 8.37. The summed E-state index contributed by atoms with van der Waals surface area (Å²) < 4.78 is 10.6. The van der Waals surface area contributed by atoms with Gasteiger partial charge in [0.1, 0.15) is 12.5 Å². The highest BCUT2D eigenvalue weighted by Crippen LogP contribution is 2.45. The van der Waals surface area contributed by atoms with E-state index in [4.69, 9.17) is 9.47 Å². The average Bonchev–Trinajstić information content (AvgIpc) is 3.79. The maximum atomic E-state index is 13.4. The van der Waals surface area contributed by atoms with Crippen LogP contribution >= 0.6 is 0 Å². The van der Waals surface area contributed by atoms with Crippen LogP contribution < -0.4 is 21.3 Å². The molecule has 250 valence electrons. The van der Waals surface area contributed by atoms with Gasteiger partial charge in [-0.2, -0.15) is 0 Å². The monoisotopic (exact) mass is 640 g/mol. The van der Waals surface area contributed by atoms with E-state index < -0.39 is 18.0 Å². The van der Waals surface area contributed by atoms with Crippen LogP contribution in [0.15, 0.2) is 41.4 Å². The molecule has 5 heterocycles. The number of esters is 2. The Morgan fingerprint density at radius 3 is 2.49 bits per heavy atom. The molecule has 2 aromatic rings. The number of hydrogen-bond donors (Lipinski definition) is 5. The van der Waals surface area contributed by atoms with Crippen LogP contribution in [-0.2, 0) is 25.5 Å². The fourth-order valence-electron chi connectivity index (χ4n) is 8.37. The number of nitrogens with one attached hydrogen (secondary N) is 4. The summed E-state index contributed by atoms with van der Waals surface area (Å²) in [5, 5.41) is 21.0. The third-order valence-electron chi connectivity index (χ3n) is 11.0. The molecule has 1 saturated heterocycles. The minimum absolute atomic E-state index is 0.0204. The number of rotatable bonds is 8. The Morgan fingerprint density at radius 2 is 1.81 bits per heavy atom. The van der Waals surface area contributed by atoms with Gasteiger partial charge in [0, 0.05) is 63.0 Å². The first-order valence-electron chi connectivity index (χ1n) is 16.9. The number of aromatic amines is 2. The Morgan fingerprint density at radius 1 is 1.04 bits per heavy atom. The fraction of sp³-hybridized carbons (Fsp3) is 0.474. The molecule has 0 aromatic carbocycles. The molecule has 0 radical (unpaired) electrons. The summed E-state index contributed by atoms with van der Waals surface area (Å²) in [7, 11) is 1.36. The molecule has 5 N–H and O–H groups in total. The third kappa shape index (κ3) is 5.38. The van der Waals surface area contributed by atoms with Gasteiger partial charge in [-0.25, -0.2) is 0 Å². The summed E-state index contributed by atoms with van der Waals surface area (Å²) in [5.74, 6) is -1.45. The van der Waals surface area contributed by atoms with Gasteiger partial charge in [0.25, 0.3) is 0 Å². The molecule has 6 atom stereocenters. The number of ether oxygens (including phenoxy) is 2. The molecule has 3 aliphatic heterocycles. The predicted octanol–water partition coefficient (Wildman–Crippen LogP) is 4.21. The topological polar surface area (TPSA) is 128 Å². The van der Waals surface area contributed by atoms with Crippen LogP contribution in [0.25, 0.3) is 17.7 Å². The quantitative estimate of drug-likeness (QED) is 0.216. The number of carbonyl (C=O) groups excluding carboxylic acids is 2. The van der Waals surface area contributed by atoms with Crippen molar-refractivity contribution in [3.63, 3.8) is 0 Å². The highest BCUT2D eigenvalue weighted by Gasteiger charge is 2.49. The maximum absolute atomic E-state index is 13.4. The Kier molecular flexibility index (Phi) is 8.87. The van der Waals surface area contributed by atoms with E-state index in [1.807, 2.05) is 6.92 Å². The van der Waals surface area contributed by atoms with Crippen LogP contribution in [0.3, 0.4) is 0 Å². The van der Waals surface area contributed by atoms with Gasteiger partial charge < -0.3 is 35.2 Å². The molecule has 1 unspecified atom stereocenters. The lowest BCUT2D eigenvalue weighted by atomic mass is 9.80. The van der Waals surface area contributed by atoms with Gasteiger partial charge in [-0.05, 0) is 92.0 Å². The molecular formula is C38H48N4O5. The summed E-state index contributed by atoms with van der Waals surface area (Å²) in [5.41, 5.74) is 11.4. The molecule has 0 spiro atoms. The molecular weight excluding hydrogens is 592 g/mol. The zero-order chi connectivity index (χ0) is 33.7. The van der Waals surface area contributed by atoms with Crippen molar-refractivity contribution < 1.29 is 24.2 Å². The summed E-state index contributed by atoms with van der Waals surface area (Å²) in [6.07, 6.45) is 9.65. The van der Waals surface area contributed by atoms with Gasteiger partial charge in [-0.3, -0.25) is 9.59 Å². The molecule has 9 heteroatoms. The maximum Gasteiger partial charge on any atom is 0.315 e. The minimum atomic E-state index is -1.07. The van der Waals surface area contributed by atoms with Crippen LogP contribution in [0.4, 0.5) is 0 Å². The number of fused-ring (bicyclic) bond motifs is 8. The van der Waals surface area contributed by atoms with E-state index in [9.17, 15) is 14.7 Å². The summed E-state index contributed by atoms with van der Waals surface area (Å²) in [4.78, 5) is 33.5. The Labute approximate surface area is 276 Å². The van der Waals surface area contributed by atoms with Gasteiger partial charge in [-0.15, -0.1) is 0 Å².